The number of nitrogens with zero attached hydrogens (tertiary/aromatic N) is 1. The SMILES string of the molecule is Fc1cc(I)c(CBr)c(C(F)F)n1. The molecule has 13 heavy (non-hydrogen) atoms. The first kappa shape index (κ1) is 11.2. The molecule has 0 amide bonds. The van der Waals surface area contributed by atoms with E-state index in [1.54, 1.807) is 22.6 Å². The number of halogens is 5. The molecule has 72 valence electrons. The molecule has 0 fully saturated rings. The van der Waals surface area contributed by atoms with Crippen LogP contribution in [0.2, 0.25) is 0 Å². The van der Waals surface area contributed by atoms with Crippen LogP contribution in [0, 0.1) is 9.52 Å². The molecule has 0 saturated carbocycles. The number of hydrogen-bond donors (Lipinski definition) is 0. The van der Waals surface area contributed by atoms with E-state index in [4.69, 9.17) is 0 Å². The van der Waals surface area contributed by atoms with Gasteiger partial charge in [0.25, 0.3) is 6.43 Å². The third-order valence-electron chi connectivity index (χ3n) is 1.41. The van der Waals surface area contributed by atoms with E-state index in [1.165, 1.54) is 0 Å². The van der Waals surface area contributed by atoms with Gasteiger partial charge in [-0.2, -0.15) is 4.39 Å². The number of rotatable bonds is 2. The molecule has 0 aliphatic carbocycles. The van der Waals surface area contributed by atoms with Crippen molar-refractivity contribution in [3.05, 3.63) is 26.8 Å². The number of aromatic nitrogens is 1. The average molecular weight is 366 g/mol. The van der Waals surface area contributed by atoms with Crippen molar-refractivity contribution >= 4 is 38.5 Å². The predicted octanol–water partition coefficient (Wildman–Crippen LogP) is 3.66. The molecule has 0 unspecified atom stereocenters. The van der Waals surface area contributed by atoms with Gasteiger partial charge in [0.2, 0.25) is 5.95 Å². The summed E-state index contributed by atoms with van der Waals surface area (Å²) < 4.78 is 37.7. The highest BCUT2D eigenvalue weighted by Gasteiger charge is 2.18. The monoisotopic (exact) mass is 365 g/mol. The molecule has 0 aromatic carbocycles. The smallest absolute Gasteiger partial charge is 0.218 e. The second-order valence-electron chi connectivity index (χ2n) is 2.22. The average Bonchev–Trinajstić information content (AvgIpc) is 2.02. The maximum Gasteiger partial charge on any atom is 0.280 e. The van der Waals surface area contributed by atoms with E-state index >= 15 is 0 Å². The van der Waals surface area contributed by atoms with Gasteiger partial charge in [-0.05, 0) is 22.6 Å². The van der Waals surface area contributed by atoms with E-state index in [9.17, 15) is 13.2 Å². The standard InChI is InChI=1S/C7H4BrF3IN/c8-2-3-4(12)1-5(9)13-6(3)7(10)11/h1,7H,2H2. The summed E-state index contributed by atoms with van der Waals surface area (Å²) in [6.07, 6.45) is -2.74. The van der Waals surface area contributed by atoms with Crippen molar-refractivity contribution in [3.8, 4) is 0 Å². The van der Waals surface area contributed by atoms with E-state index < -0.39 is 18.1 Å². The van der Waals surface area contributed by atoms with E-state index in [2.05, 4.69) is 20.9 Å². The van der Waals surface area contributed by atoms with Crippen molar-refractivity contribution in [1.82, 2.24) is 4.98 Å². The lowest BCUT2D eigenvalue weighted by Crippen LogP contribution is -2.01. The lowest BCUT2D eigenvalue weighted by molar-refractivity contribution is 0.143. The van der Waals surface area contributed by atoms with E-state index in [0.29, 0.717) is 9.13 Å². The maximum absolute atomic E-state index is 12.6. The van der Waals surface area contributed by atoms with Gasteiger partial charge in [-0.15, -0.1) is 0 Å². The summed E-state index contributed by atoms with van der Waals surface area (Å²) in [7, 11) is 0. The predicted molar refractivity (Wildman–Crippen MR) is 54.5 cm³/mol. The van der Waals surface area contributed by atoms with Crippen molar-refractivity contribution < 1.29 is 13.2 Å². The number of pyridine rings is 1. The van der Waals surface area contributed by atoms with Crippen LogP contribution < -0.4 is 0 Å². The molecule has 0 bridgehead atoms. The summed E-state index contributed by atoms with van der Waals surface area (Å²) >= 11 is 4.85. The summed E-state index contributed by atoms with van der Waals surface area (Å²) in [6.45, 7) is 0. The second kappa shape index (κ2) is 4.59. The topological polar surface area (TPSA) is 12.9 Å². The van der Waals surface area contributed by atoms with Crippen LogP contribution in [0.15, 0.2) is 6.07 Å². The molecule has 1 heterocycles. The fourth-order valence-electron chi connectivity index (χ4n) is 0.842. The Bertz CT molecular complexity index is 319. The summed E-state index contributed by atoms with van der Waals surface area (Å²) in [6, 6.07) is 1.13. The Morgan fingerprint density at radius 2 is 2.15 bits per heavy atom. The molecule has 0 spiro atoms. The summed E-state index contributed by atoms with van der Waals surface area (Å²) in [5.74, 6) is -0.871. The van der Waals surface area contributed by atoms with Gasteiger partial charge in [-0.3, -0.25) is 0 Å². The van der Waals surface area contributed by atoms with E-state index in [-0.39, 0.29) is 5.33 Å². The van der Waals surface area contributed by atoms with Crippen molar-refractivity contribution in [2.75, 3.05) is 0 Å². The molecule has 0 aliphatic rings. The minimum atomic E-state index is -2.74. The zero-order chi connectivity index (χ0) is 10.0. The minimum Gasteiger partial charge on any atom is -0.218 e. The summed E-state index contributed by atoms with van der Waals surface area (Å²) in [5, 5.41) is 0.248. The molecule has 0 aliphatic heterocycles. The Morgan fingerprint density at radius 1 is 1.54 bits per heavy atom. The molecule has 0 radical (unpaired) electrons. The highest BCUT2D eigenvalue weighted by atomic mass is 127. The first-order valence-electron chi connectivity index (χ1n) is 3.25. The van der Waals surface area contributed by atoms with E-state index in [0.717, 1.165) is 6.07 Å². The van der Waals surface area contributed by atoms with Gasteiger partial charge in [-0.25, -0.2) is 13.8 Å². The van der Waals surface area contributed by atoms with Crippen LogP contribution in [0.1, 0.15) is 17.7 Å². The third-order valence-corrected chi connectivity index (χ3v) is 2.93. The Balaban J connectivity index is 3.29. The fourth-order valence-corrected chi connectivity index (χ4v) is 2.68. The Kier molecular flexibility index (Phi) is 3.96. The Hall–Kier alpha value is 0.150. The van der Waals surface area contributed by atoms with Gasteiger partial charge in [0.1, 0.15) is 5.69 Å². The van der Waals surface area contributed by atoms with Crippen LogP contribution in [0.3, 0.4) is 0 Å². The normalized spacial score (nSPS) is 10.9. The van der Waals surface area contributed by atoms with Crippen LogP contribution in [0.4, 0.5) is 13.2 Å². The zero-order valence-electron chi connectivity index (χ0n) is 6.20. The molecular formula is C7H4BrF3IN. The molecule has 0 saturated heterocycles. The van der Waals surface area contributed by atoms with Crippen LogP contribution in [0.5, 0.6) is 0 Å². The van der Waals surface area contributed by atoms with Gasteiger partial charge in [0.15, 0.2) is 0 Å². The Morgan fingerprint density at radius 3 is 2.62 bits per heavy atom. The van der Waals surface area contributed by atoms with Gasteiger partial charge in [0, 0.05) is 20.5 Å². The maximum atomic E-state index is 12.6. The van der Waals surface area contributed by atoms with E-state index in [1.807, 2.05) is 0 Å². The molecule has 6 heteroatoms. The molecule has 1 aromatic heterocycles. The quantitative estimate of drug-likeness (QED) is 0.443. The van der Waals surface area contributed by atoms with Gasteiger partial charge >= 0.3 is 0 Å². The lowest BCUT2D eigenvalue weighted by atomic mass is 10.2. The van der Waals surface area contributed by atoms with Crippen molar-refractivity contribution in [2.24, 2.45) is 0 Å². The Labute approximate surface area is 95.0 Å². The third kappa shape index (κ3) is 2.55. The first-order valence-corrected chi connectivity index (χ1v) is 5.45. The molecule has 1 nitrogen and oxygen atoms in total. The van der Waals surface area contributed by atoms with Crippen molar-refractivity contribution in [3.63, 3.8) is 0 Å². The minimum absolute atomic E-state index is 0.248. The van der Waals surface area contributed by atoms with Crippen molar-refractivity contribution in [2.45, 2.75) is 11.8 Å². The summed E-state index contributed by atoms with van der Waals surface area (Å²) in [5.41, 5.74) is -0.140. The van der Waals surface area contributed by atoms with Crippen LogP contribution in [-0.2, 0) is 5.33 Å². The number of alkyl halides is 3. The zero-order valence-corrected chi connectivity index (χ0v) is 9.94. The molecule has 1 aromatic rings. The van der Waals surface area contributed by atoms with Gasteiger partial charge in [-0.1, -0.05) is 15.9 Å². The second-order valence-corrected chi connectivity index (χ2v) is 3.95. The van der Waals surface area contributed by atoms with Crippen LogP contribution in [-0.4, -0.2) is 4.98 Å². The lowest BCUT2D eigenvalue weighted by Gasteiger charge is -2.07. The van der Waals surface area contributed by atoms with Gasteiger partial charge in [0.05, 0.1) is 0 Å². The highest BCUT2D eigenvalue weighted by molar-refractivity contribution is 14.1. The van der Waals surface area contributed by atoms with Gasteiger partial charge < -0.3 is 0 Å². The molecule has 0 atom stereocenters. The molecule has 1 rings (SSSR count). The van der Waals surface area contributed by atoms with Crippen LogP contribution >= 0.6 is 38.5 Å². The van der Waals surface area contributed by atoms with Crippen molar-refractivity contribution in [1.29, 1.82) is 0 Å². The molecule has 0 N–H and O–H groups in total. The summed E-state index contributed by atoms with van der Waals surface area (Å²) in [4.78, 5) is 3.15. The molecular weight excluding hydrogens is 362 g/mol. The largest absolute Gasteiger partial charge is 0.280 e. The van der Waals surface area contributed by atoms with Crippen LogP contribution in [0.25, 0.3) is 0 Å². The fraction of sp³-hybridized carbons (Fsp3) is 0.286. The highest BCUT2D eigenvalue weighted by Crippen LogP contribution is 2.26. The first-order chi connectivity index (χ1) is 6.06. The number of hydrogen-bond acceptors (Lipinski definition) is 1.